The van der Waals surface area contributed by atoms with Crippen molar-refractivity contribution in [1.29, 1.82) is 0 Å². The van der Waals surface area contributed by atoms with Crippen LogP contribution in [0.25, 0.3) is 0 Å². The molecule has 27 heavy (non-hydrogen) atoms. The largest absolute Gasteiger partial charge is 0.443 e. The smallest absolute Gasteiger partial charge is 0.414 e. The third-order valence-electron chi connectivity index (χ3n) is 5.51. The van der Waals surface area contributed by atoms with Gasteiger partial charge in [0.25, 0.3) is 0 Å². The van der Waals surface area contributed by atoms with E-state index in [0.29, 0.717) is 18.3 Å². The lowest BCUT2D eigenvalue weighted by Crippen LogP contribution is -2.45. The van der Waals surface area contributed by atoms with Gasteiger partial charge in [-0.25, -0.2) is 9.18 Å². The summed E-state index contributed by atoms with van der Waals surface area (Å²) >= 11 is 0. The molecule has 2 atom stereocenters. The van der Waals surface area contributed by atoms with E-state index < -0.39 is 0 Å². The van der Waals surface area contributed by atoms with Crippen LogP contribution in [-0.4, -0.2) is 42.8 Å². The zero-order chi connectivity index (χ0) is 18.6. The van der Waals surface area contributed by atoms with E-state index in [9.17, 15) is 9.18 Å². The lowest BCUT2D eigenvalue weighted by atomic mass is 9.95. The number of carbonyl (C=O) groups excluding carboxylic acids is 1. The van der Waals surface area contributed by atoms with Crippen molar-refractivity contribution in [3.05, 3.63) is 66.0 Å². The van der Waals surface area contributed by atoms with Crippen LogP contribution >= 0.6 is 0 Å². The lowest BCUT2D eigenvalue weighted by molar-refractivity contribution is 0.0727. The van der Waals surface area contributed by atoms with Gasteiger partial charge in [-0.3, -0.25) is 9.80 Å². The highest BCUT2D eigenvalue weighted by atomic mass is 19.1. The number of piperidine rings is 1. The molecular formula is C22H25FN2O2. The monoisotopic (exact) mass is 368 g/mol. The number of anilines is 1. The summed E-state index contributed by atoms with van der Waals surface area (Å²) in [5.74, 6) is -0.306. The molecule has 5 heteroatoms. The highest BCUT2D eigenvalue weighted by Gasteiger charge is 2.35. The molecule has 2 saturated heterocycles. The minimum absolute atomic E-state index is 0.154. The lowest BCUT2D eigenvalue weighted by Gasteiger charge is -2.36. The van der Waals surface area contributed by atoms with Crippen molar-refractivity contribution in [2.24, 2.45) is 0 Å². The topological polar surface area (TPSA) is 32.8 Å². The third kappa shape index (κ3) is 4.30. The molecule has 2 aliphatic rings. The van der Waals surface area contributed by atoms with E-state index in [1.54, 1.807) is 17.0 Å². The Hall–Kier alpha value is -2.40. The Kier molecular flexibility index (Phi) is 5.39. The zero-order valence-electron chi connectivity index (χ0n) is 15.4. The fraction of sp³-hybridized carbons (Fsp3) is 0.409. The number of ether oxygens (including phenoxy) is 1. The van der Waals surface area contributed by atoms with Crippen LogP contribution in [-0.2, 0) is 11.2 Å². The number of hydrogen-bond donors (Lipinski definition) is 0. The van der Waals surface area contributed by atoms with Crippen molar-refractivity contribution >= 4 is 11.8 Å². The quantitative estimate of drug-likeness (QED) is 0.791. The van der Waals surface area contributed by atoms with Gasteiger partial charge in [0.2, 0.25) is 0 Å². The van der Waals surface area contributed by atoms with Gasteiger partial charge in [-0.1, -0.05) is 36.8 Å². The Morgan fingerprint density at radius 3 is 2.59 bits per heavy atom. The van der Waals surface area contributed by atoms with Crippen molar-refractivity contribution in [2.45, 2.75) is 37.8 Å². The van der Waals surface area contributed by atoms with Gasteiger partial charge < -0.3 is 4.74 Å². The average Bonchev–Trinajstić information content (AvgIpc) is 3.05. The number of halogens is 1. The first-order chi connectivity index (χ1) is 13.2. The number of nitrogens with zero attached hydrogens (tertiary/aromatic N) is 2. The van der Waals surface area contributed by atoms with Gasteiger partial charge in [0.15, 0.2) is 0 Å². The summed E-state index contributed by atoms with van der Waals surface area (Å²) in [6.07, 6.45) is 4.15. The van der Waals surface area contributed by atoms with Crippen molar-refractivity contribution in [3.63, 3.8) is 0 Å². The Balaban J connectivity index is 1.40. The third-order valence-corrected chi connectivity index (χ3v) is 5.51. The number of benzene rings is 2. The maximum atomic E-state index is 13.1. The van der Waals surface area contributed by atoms with E-state index in [2.05, 4.69) is 29.2 Å². The SMILES string of the molecule is O=C1OC(CN2CCCCC2Cc2ccccc2)CN1c1ccc(F)cc1. The van der Waals surface area contributed by atoms with E-state index in [0.717, 1.165) is 19.5 Å². The number of carbonyl (C=O) groups is 1. The summed E-state index contributed by atoms with van der Waals surface area (Å²) in [5, 5.41) is 0. The Morgan fingerprint density at radius 1 is 1.04 bits per heavy atom. The van der Waals surface area contributed by atoms with Gasteiger partial charge in [-0.05, 0) is 55.6 Å². The van der Waals surface area contributed by atoms with E-state index in [1.165, 1.54) is 37.0 Å². The van der Waals surface area contributed by atoms with Crippen molar-refractivity contribution in [1.82, 2.24) is 4.90 Å². The first kappa shape index (κ1) is 18.0. The van der Waals surface area contributed by atoms with Crippen LogP contribution in [0.15, 0.2) is 54.6 Å². The molecule has 1 amide bonds. The molecular weight excluding hydrogens is 343 g/mol. The molecule has 2 aliphatic heterocycles. The maximum Gasteiger partial charge on any atom is 0.414 e. The molecule has 2 fully saturated rings. The summed E-state index contributed by atoms with van der Waals surface area (Å²) < 4.78 is 18.7. The molecule has 0 spiro atoms. The predicted octanol–water partition coefficient (Wildman–Crippen LogP) is 4.25. The van der Waals surface area contributed by atoms with E-state index in [4.69, 9.17) is 4.74 Å². The summed E-state index contributed by atoms with van der Waals surface area (Å²) in [6, 6.07) is 17.0. The van der Waals surface area contributed by atoms with Crippen molar-refractivity contribution < 1.29 is 13.9 Å². The number of hydrogen-bond acceptors (Lipinski definition) is 3. The van der Waals surface area contributed by atoms with Gasteiger partial charge in [-0.15, -0.1) is 0 Å². The van der Waals surface area contributed by atoms with Gasteiger partial charge >= 0.3 is 6.09 Å². The van der Waals surface area contributed by atoms with Gasteiger partial charge in [0.1, 0.15) is 11.9 Å². The second kappa shape index (κ2) is 8.09. The molecule has 142 valence electrons. The summed E-state index contributed by atoms with van der Waals surface area (Å²) in [5.41, 5.74) is 2.04. The molecule has 4 nitrogen and oxygen atoms in total. The maximum absolute atomic E-state index is 13.1. The Labute approximate surface area is 159 Å². The molecule has 2 unspecified atom stereocenters. The Morgan fingerprint density at radius 2 is 1.81 bits per heavy atom. The summed E-state index contributed by atoms with van der Waals surface area (Å²) in [6.45, 7) is 2.31. The first-order valence-electron chi connectivity index (χ1n) is 9.71. The second-order valence-corrected chi connectivity index (χ2v) is 7.43. The van der Waals surface area contributed by atoms with Crippen molar-refractivity contribution in [3.8, 4) is 0 Å². The number of amides is 1. The van der Waals surface area contributed by atoms with E-state index in [-0.39, 0.29) is 18.0 Å². The van der Waals surface area contributed by atoms with Crippen LogP contribution in [0.5, 0.6) is 0 Å². The fourth-order valence-corrected chi connectivity index (χ4v) is 4.13. The molecule has 0 radical (unpaired) electrons. The Bertz CT molecular complexity index is 766. The van der Waals surface area contributed by atoms with Crippen LogP contribution in [0.3, 0.4) is 0 Å². The van der Waals surface area contributed by atoms with Gasteiger partial charge in [0, 0.05) is 18.3 Å². The predicted molar refractivity (Wildman–Crippen MR) is 103 cm³/mol. The summed E-state index contributed by atoms with van der Waals surface area (Å²) in [7, 11) is 0. The minimum Gasteiger partial charge on any atom is -0.443 e. The summed E-state index contributed by atoms with van der Waals surface area (Å²) in [4.78, 5) is 16.3. The standard InChI is InChI=1S/C22H25FN2O2/c23-18-9-11-19(12-10-18)25-16-21(27-22(25)26)15-24-13-5-4-8-20(24)14-17-6-2-1-3-7-17/h1-3,6-7,9-12,20-21H,4-5,8,13-16H2. The molecule has 0 aliphatic carbocycles. The molecule has 0 aromatic heterocycles. The number of rotatable bonds is 5. The highest BCUT2D eigenvalue weighted by Crippen LogP contribution is 2.25. The molecule has 0 N–H and O–H groups in total. The van der Waals surface area contributed by atoms with Crippen molar-refractivity contribution in [2.75, 3.05) is 24.5 Å². The average molecular weight is 368 g/mol. The van der Waals surface area contributed by atoms with Crippen LogP contribution in [0.2, 0.25) is 0 Å². The fourth-order valence-electron chi connectivity index (χ4n) is 4.13. The highest BCUT2D eigenvalue weighted by molar-refractivity contribution is 5.89. The van der Waals surface area contributed by atoms with Gasteiger partial charge in [0.05, 0.1) is 6.54 Å². The zero-order valence-corrected chi connectivity index (χ0v) is 15.4. The molecule has 0 bridgehead atoms. The van der Waals surface area contributed by atoms with Crippen LogP contribution in [0, 0.1) is 5.82 Å². The van der Waals surface area contributed by atoms with Crippen LogP contribution in [0.1, 0.15) is 24.8 Å². The van der Waals surface area contributed by atoms with E-state index in [1.807, 2.05) is 6.07 Å². The molecule has 0 saturated carbocycles. The number of cyclic esters (lactones) is 1. The second-order valence-electron chi connectivity index (χ2n) is 7.43. The first-order valence-corrected chi connectivity index (χ1v) is 9.71. The molecule has 2 aromatic rings. The van der Waals surface area contributed by atoms with E-state index >= 15 is 0 Å². The normalized spacial score (nSPS) is 23.4. The van der Waals surface area contributed by atoms with Gasteiger partial charge in [-0.2, -0.15) is 0 Å². The minimum atomic E-state index is -0.344. The number of likely N-dealkylation sites (tertiary alicyclic amines) is 1. The molecule has 4 rings (SSSR count). The molecule has 2 aromatic carbocycles. The van der Waals surface area contributed by atoms with Crippen LogP contribution < -0.4 is 4.90 Å². The van der Waals surface area contributed by atoms with Crippen LogP contribution in [0.4, 0.5) is 14.9 Å². The molecule has 2 heterocycles.